The van der Waals surface area contributed by atoms with Gasteiger partial charge in [-0.1, -0.05) is 12.1 Å². The summed E-state index contributed by atoms with van der Waals surface area (Å²) in [6.07, 6.45) is -2.11. The Morgan fingerprint density at radius 1 is 1.06 bits per heavy atom. The first-order valence-electron chi connectivity index (χ1n) is 11.4. The van der Waals surface area contributed by atoms with Crippen LogP contribution in [-0.4, -0.2) is 58.3 Å². The van der Waals surface area contributed by atoms with Gasteiger partial charge in [-0.05, 0) is 90.1 Å². The van der Waals surface area contributed by atoms with Crippen LogP contribution in [-0.2, 0) is 10.9 Å². The molecule has 1 atom stereocenters. The highest BCUT2D eigenvalue weighted by Gasteiger charge is 2.40. The lowest BCUT2D eigenvalue weighted by Gasteiger charge is -2.49. The molecular formula is C24H35F3N2O3. The number of likely N-dealkylation sites (tertiary alicyclic amines) is 2. The van der Waals surface area contributed by atoms with E-state index in [1.807, 2.05) is 20.8 Å². The summed E-state index contributed by atoms with van der Waals surface area (Å²) in [6, 6.07) is 4.83. The maximum atomic E-state index is 12.8. The zero-order valence-electron chi connectivity index (χ0n) is 19.4. The van der Waals surface area contributed by atoms with Crippen LogP contribution >= 0.6 is 0 Å². The molecule has 2 heterocycles. The summed E-state index contributed by atoms with van der Waals surface area (Å²) in [7, 11) is 0. The first kappa shape index (κ1) is 24.8. The number of alkyl halides is 3. The number of amides is 1. The Labute approximate surface area is 188 Å². The number of rotatable bonds is 3. The SMILES string of the molecule is CC(C)(C)OC(=O)N1CCC(C)(N2CCC(C(O)c3ccc(C(F)(F)F)cc3)CC2)CC1. The first-order valence-corrected chi connectivity index (χ1v) is 11.4. The Morgan fingerprint density at radius 3 is 2.06 bits per heavy atom. The van der Waals surface area contributed by atoms with Gasteiger partial charge in [0.25, 0.3) is 0 Å². The Bertz CT molecular complexity index is 773. The molecule has 1 amide bonds. The number of carbonyl (C=O) groups is 1. The predicted octanol–water partition coefficient (Wildman–Crippen LogP) is 5.24. The molecule has 0 saturated carbocycles. The van der Waals surface area contributed by atoms with E-state index in [4.69, 9.17) is 4.74 Å². The highest BCUT2D eigenvalue weighted by molar-refractivity contribution is 5.68. The summed E-state index contributed by atoms with van der Waals surface area (Å²) in [4.78, 5) is 16.5. The highest BCUT2D eigenvalue weighted by atomic mass is 19.4. The molecule has 1 N–H and O–H groups in total. The number of aliphatic hydroxyl groups excluding tert-OH is 1. The standard InChI is InChI=1S/C24H35F3N2O3/c1-22(2,3)32-21(31)28-15-11-23(4,12-16-28)29-13-9-18(10-14-29)20(30)17-5-7-19(8-6-17)24(25,26)27/h5-8,18,20,30H,9-16H2,1-4H3. The van der Waals surface area contributed by atoms with Gasteiger partial charge in [0.05, 0.1) is 11.7 Å². The molecule has 0 aliphatic carbocycles. The quantitative estimate of drug-likeness (QED) is 0.676. The van der Waals surface area contributed by atoms with Crippen molar-refractivity contribution in [1.82, 2.24) is 9.80 Å². The molecule has 5 nitrogen and oxygen atoms in total. The molecule has 3 rings (SSSR count). The van der Waals surface area contributed by atoms with Gasteiger partial charge >= 0.3 is 12.3 Å². The molecule has 2 aliphatic rings. The fraction of sp³-hybridized carbons (Fsp3) is 0.708. The number of hydrogen-bond acceptors (Lipinski definition) is 4. The molecule has 2 fully saturated rings. The average molecular weight is 457 g/mol. The molecule has 2 saturated heterocycles. The van der Waals surface area contributed by atoms with E-state index in [9.17, 15) is 23.1 Å². The van der Waals surface area contributed by atoms with E-state index in [-0.39, 0.29) is 17.6 Å². The van der Waals surface area contributed by atoms with E-state index in [0.29, 0.717) is 18.7 Å². The van der Waals surface area contributed by atoms with Gasteiger partial charge in [0.15, 0.2) is 0 Å². The molecule has 0 aromatic heterocycles. The van der Waals surface area contributed by atoms with Gasteiger partial charge in [-0.15, -0.1) is 0 Å². The minimum absolute atomic E-state index is 0.0111. The zero-order valence-corrected chi connectivity index (χ0v) is 19.4. The largest absolute Gasteiger partial charge is 0.444 e. The summed E-state index contributed by atoms with van der Waals surface area (Å²) in [5.74, 6) is 0.0217. The number of nitrogens with zero attached hydrogens (tertiary/aromatic N) is 2. The Morgan fingerprint density at radius 2 is 1.59 bits per heavy atom. The number of carbonyl (C=O) groups excluding carboxylic acids is 1. The van der Waals surface area contributed by atoms with Crippen LogP contribution in [0.2, 0.25) is 0 Å². The van der Waals surface area contributed by atoms with E-state index in [0.717, 1.165) is 50.9 Å². The number of ether oxygens (including phenoxy) is 1. The van der Waals surface area contributed by atoms with Gasteiger partial charge in [-0.3, -0.25) is 4.90 Å². The lowest BCUT2D eigenvalue weighted by molar-refractivity contribution is -0.137. The molecule has 180 valence electrons. The number of halogens is 3. The minimum atomic E-state index is -4.37. The van der Waals surface area contributed by atoms with Crippen LogP contribution in [0, 0.1) is 5.92 Å². The molecule has 1 aromatic carbocycles. The van der Waals surface area contributed by atoms with Gasteiger partial charge in [0.1, 0.15) is 5.60 Å². The second-order valence-corrected chi connectivity index (χ2v) is 10.4. The third-order valence-corrected chi connectivity index (χ3v) is 6.82. The summed E-state index contributed by atoms with van der Waals surface area (Å²) in [5.41, 5.74) is -0.682. The second-order valence-electron chi connectivity index (χ2n) is 10.4. The fourth-order valence-electron chi connectivity index (χ4n) is 4.71. The molecule has 32 heavy (non-hydrogen) atoms. The van der Waals surface area contributed by atoms with Crippen molar-refractivity contribution in [3.8, 4) is 0 Å². The normalized spacial score (nSPS) is 21.9. The summed E-state index contributed by atoms with van der Waals surface area (Å²) in [5, 5.41) is 10.7. The van der Waals surface area contributed by atoms with Gasteiger partial charge < -0.3 is 14.7 Å². The second kappa shape index (κ2) is 9.21. The molecule has 0 radical (unpaired) electrons. The molecule has 8 heteroatoms. The van der Waals surface area contributed by atoms with Crippen molar-refractivity contribution in [2.24, 2.45) is 5.92 Å². The van der Waals surface area contributed by atoms with Crippen molar-refractivity contribution in [3.63, 3.8) is 0 Å². The molecule has 2 aliphatic heterocycles. The molecule has 1 unspecified atom stereocenters. The Balaban J connectivity index is 1.51. The molecule has 0 spiro atoms. The van der Waals surface area contributed by atoms with E-state index >= 15 is 0 Å². The number of benzene rings is 1. The van der Waals surface area contributed by atoms with Crippen molar-refractivity contribution in [1.29, 1.82) is 0 Å². The summed E-state index contributed by atoms with van der Waals surface area (Å²) >= 11 is 0. The summed E-state index contributed by atoms with van der Waals surface area (Å²) in [6.45, 7) is 10.8. The van der Waals surface area contributed by atoms with Gasteiger partial charge in [-0.25, -0.2) is 4.79 Å². The van der Waals surface area contributed by atoms with E-state index in [1.165, 1.54) is 12.1 Å². The predicted molar refractivity (Wildman–Crippen MR) is 116 cm³/mol. The molecule has 1 aromatic rings. The highest BCUT2D eigenvalue weighted by Crippen LogP contribution is 2.37. The van der Waals surface area contributed by atoms with Crippen LogP contribution in [0.15, 0.2) is 24.3 Å². The third kappa shape index (κ3) is 5.95. The van der Waals surface area contributed by atoms with Crippen LogP contribution in [0.4, 0.5) is 18.0 Å². The zero-order chi connectivity index (χ0) is 23.7. The van der Waals surface area contributed by atoms with E-state index in [2.05, 4.69) is 11.8 Å². The first-order chi connectivity index (χ1) is 14.8. The number of piperidine rings is 2. The van der Waals surface area contributed by atoms with Crippen LogP contribution in [0.5, 0.6) is 0 Å². The fourth-order valence-corrected chi connectivity index (χ4v) is 4.71. The smallest absolute Gasteiger partial charge is 0.416 e. The van der Waals surface area contributed by atoms with E-state index < -0.39 is 23.4 Å². The van der Waals surface area contributed by atoms with Crippen LogP contribution in [0.25, 0.3) is 0 Å². The average Bonchev–Trinajstić information content (AvgIpc) is 2.72. The lowest BCUT2D eigenvalue weighted by Crippen LogP contribution is -2.57. The molecular weight excluding hydrogens is 421 g/mol. The number of aliphatic hydroxyl groups is 1. The maximum Gasteiger partial charge on any atom is 0.416 e. The summed E-state index contributed by atoms with van der Waals surface area (Å²) < 4.78 is 43.8. The molecule has 0 bridgehead atoms. The maximum absolute atomic E-state index is 12.8. The van der Waals surface area contributed by atoms with E-state index in [1.54, 1.807) is 4.90 Å². The monoisotopic (exact) mass is 456 g/mol. The topological polar surface area (TPSA) is 53.0 Å². The Kier molecular flexibility index (Phi) is 7.15. The number of hydrogen-bond donors (Lipinski definition) is 1. The lowest BCUT2D eigenvalue weighted by atomic mass is 9.82. The van der Waals surface area contributed by atoms with Crippen molar-refractivity contribution in [2.45, 2.75) is 76.8 Å². The van der Waals surface area contributed by atoms with Crippen LogP contribution < -0.4 is 0 Å². The van der Waals surface area contributed by atoms with Gasteiger partial charge in [0.2, 0.25) is 0 Å². The van der Waals surface area contributed by atoms with Crippen LogP contribution in [0.1, 0.15) is 70.6 Å². The van der Waals surface area contributed by atoms with Gasteiger partial charge in [-0.2, -0.15) is 13.2 Å². The van der Waals surface area contributed by atoms with Crippen LogP contribution in [0.3, 0.4) is 0 Å². The van der Waals surface area contributed by atoms with Gasteiger partial charge in [0, 0.05) is 18.6 Å². The van der Waals surface area contributed by atoms with Crippen molar-refractivity contribution < 1.29 is 27.8 Å². The third-order valence-electron chi connectivity index (χ3n) is 6.82. The van der Waals surface area contributed by atoms with Crippen molar-refractivity contribution in [2.75, 3.05) is 26.2 Å². The Hall–Kier alpha value is -1.80. The van der Waals surface area contributed by atoms with Crippen molar-refractivity contribution >= 4 is 6.09 Å². The van der Waals surface area contributed by atoms with Crippen molar-refractivity contribution in [3.05, 3.63) is 35.4 Å². The minimum Gasteiger partial charge on any atom is -0.444 e.